The number of hydrogen-bond donors (Lipinski definition) is 1. The number of carboxylic acid groups (broad SMARTS) is 1. The molecule has 1 aliphatic rings. The first-order chi connectivity index (χ1) is 9.11. The number of piperidine rings is 1. The fraction of sp³-hybridized carbons (Fsp3) is 0.667. The lowest BCUT2D eigenvalue weighted by Crippen LogP contribution is -2.39. The molecule has 7 heteroatoms. The van der Waals surface area contributed by atoms with E-state index in [1.807, 2.05) is 0 Å². The lowest BCUT2D eigenvalue weighted by molar-refractivity contribution is 0.0440. The molecule has 1 fully saturated rings. The van der Waals surface area contributed by atoms with Crippen LogP contribution in [-0.2, 0) is 4.74 Å². The van der Waals surface area contributed by atoms with Crippen LogP contribution in [0, 0.1) is 0 Å². The first-order valence-electron chi connectivity index (χ1n) is 6.38. The molecular formula is C12H17ClN2O3S. The van der Waals surface area contributed by atoms with Gasteiger partial charge in [0.25, 0.3) is 0 Å². The number of nitrogens with zero attached hydrogens (tertiary/aromatic N) is 2. The molecule has 5 nitrogen and oxygen atoms in total. The van der Waals surface area contributed by atoms with Crippen LogP contribution < -0.4 is 4.90 Å². The van der Waals surface area contributed by atoms with Crippen molar-refractivity contribution in [2.24, 2.45) is 0 Å². The van der Waals surface area contributed by atoms with Crippen LogP contribution in [0.25, 0.3) is 0 Å². The molecule has 1 aromatic heterocycles. The second-order valence-corrected chi connectivity index (χ2v) is 5.84. The third-order valence-corrected chi connectivity index (χ3v) is 4.46. The molecule has 0 spiro atoms. The van der Waals surface area contributed by atoms with E-state index in [2.05, 4.69) is 16.8 Å². The Kier molecular flexibility index (Phi) is 5.01. The summed E-state index contributed by atoms with van der Waals surface area (Å²) < 4.78 is 5.75. The molecule has 2 heterocycles. The van der Waals surface area contributed by atoms with Gasteiger partial charge in [-0.3, -0.25) is 0 Å². The summed E-state index contributed by atoms with van der Waals surface area (Å²) in [4.78, 5) is 17.3. The van der Waals surface area contributed by atoms with Gasteiger partial charge in [0, 0.05) is 19.7 Å². The molecule has 106 valence electrons. The van der Waals surface area contributed by atoms with Crippen molar-refractivity contribution in [3.63, 3.8) is 0 Å². The molecule has 0 radical (unpaired) electrons. The summed E-state index contributed by atoms with van der Waals surface area (Å²) in [6.45, 7) is 4.47. The van der Waals surface area contributed by atoms with Gasteiger partial charge >= 0.3 is 5.97 Å². The van der Waals surface area contributed by atoms with E-state index >= 15 is 0 Å². The third kappa shape index (κ3) is 3.58. The van der Waals surface area contributed by atoms with Crippen molar-refractivity contribution in [1.29, 1.82) is 0 Å². The molecule has 0 aliphatic carbocycles. The number of halogens is 1. The van der Waals surface area contributed by atoms with Crippen molar-refractivity contribution in [3.05, 3.63) is 10.0 Å². The minimum atomic E-state index is -1.02. The van der Waals surface area contributed by atoms with Gasteiger partial charge < -0.3 is 14.7 Å². The van der Waals surface area contributed by atoms with Gasteiger partial charge in [-0.05, 0) is 19.3 Å². The van der Waals surface area contributed by atoms with Crippen LogP contribution in [0.4, 0.5) is 5.13 Å². The Morgan fingerprint density at radius 1 is 1.68 bits per heavy atom. The van der Waals surface area contributed by atoms with E-state index in [9.17, 15) is 4.79 Å². The van der Waals surface area contributed by atoms with Gasteiger partial charge in [0.1, 0.15) is 0 Å². The predicted octanol–water partition coefficient (Wildman–Crippen LogP) is 2.89. The Bertz CT molecular complexity index is 452. The highest BCUT2D eigenvalue weighted by Crippen LogP contribution is 2.31. The first-order valence-corrected chi connectivity index (χ1v) is 7.57. The monoisotopic (exact) mass is 304 g/mol. The molecule has 1 unspecified atom stereocenters. The number of aromatic nitrogens is 1. The fourth-order valence-corrected chi connectivity index (χ4v) is 3.25. The Hall–Kier alpha value is -0.850. The van der Waals surface area contributed by atoms with Crippen molar-refractivity contribution in [2.45, 2.75) is 32.3 Å². The summed E-state index contributed by atoms with van der Waals surface area (Å²) in [5, 5.41) is 9.73. The summed E-state index contributed by atoms with van der Waals surface area (Å²) in [6, 6.07) is 0. The number of hydrogen-bond acceptors (Lipinski definition) is 5. The molecule has 2 rings (SSSR count). The minimum absolute atomic E-state index is 0.0732. The average Bonchev–Trinajstić information content (AvgIpc) is 2.79. The summed E-state index contributed by atoms with van der Waals surface area (Å²) in [5.41, 5.74) is 0. The number of aromatic carboxylic acids is 1. The van der Waals surface area contributed by atoms with E-state index < -0.39 is 5.97 Å². The highest BCUT2D eigenvalue weighted by molar-refractivity contribution is 7.18. The van der Waals surface area contributed by atoms with Crippen LogP contribution in [0.3, 0.4) is 0 Å². The van der Waals surface area contributed by atoms with Gasteiger partial charge in [-0.1, -0.05) is 29.9 Å². The molecule has 1 N–H and O–H groups in total. The number of carboxylic acids is 1. The van der Waals surface area contributed by atoms with E-state index in [0.717, 1.165) is 50.3 Å². The fourth-order valence-electron chi connectivity index (χ4n) is 2.09. The zero-order valence-electron chi connectivity index (χ0n) is 10.8. The quantitative estimate of drug-likeness (QED) is 0.906. The lowest BCUT2D eigenvalue weighted by atomic mass is 10.1. The van der Waals surface area contributed by atoms with E-state index in [1.54, 1.807) is 0 Å². The Balaban J connectivity index is 2.04. The topological polar surface area (TPSA) is 62.7 Å². The van der Waals surface area contributed by atoms with Crippen molar-refractivity contribution < 1.29 is 14.6 Å². The first kappa shape index (κ1) is 14.6. The maximum Gasteiger partial charge on any atom is 0.349 e. The van der Waals surface area contributed by atoms with E-state index in [4.69, 9.17) is 21.4 Å². The number of rotatable bonds is 5. The van der Waals surface area contributed by atoms with Crippen molar-refractivity contribution >= 4 is 34.0 Å². The summed E-state index contributed by atoms with van der Waals surface area (Å²) in [6.07, 6.45) is 3.27. The van der Waals surface area contributed by atoms with Gasteiger partial charge in [0.15, 0.2) is 15.2 Å². The molecule has 1 saturated heterocycles. The minimum Gasteiger partial charge on any atom is -0.477 e. The highest BCUT2D eigenvalue weighted by atomic mass is 35.5. The van der Waals surface area contributed by atoms with Gasteiger partial charge in [0.05, 0.1) is 6.10 Å². The number of anilines is 1. The lowest BCUT2D eigenvalue weighted by Gasteiger charge is -2.32. The second-order valence-electron chi connectivity index (χ2n) is 4.50. The highest BCUT2D eigenvalue weighted by Gasteiger charge is 2.25. The van der Waals surface area contributed by atoms with Gasteiger partial charge in [-0.2, -0.15) is 0 Å². The Labute approximate surface area is 121 Å². The summed E-state index contributed by atoms with van der Waals surface area (Å²) in [5.74, 6) is -1.02. The molecular weight excluding hydrogens is 288 g/mol. The molecule has 0 amide bonds. The Morgan fingerprint density at radius 3 is 3.11 bits per heavy atom. The standard InChI is InChI=1S/C12H17ClN2O3S/c1-2-6-18-8-4-3-5-15(7-8)12-14-10(13)9(19-12)11(16)17/h8H,2-7H2,1H3,(H,16,17). The number of ether oxygens (including phenoxy) is 1. The van der Waals surface area contributed by atoms with Crippen LogP contribution in [0.15, 0.2) is 0 Å². The average molecular weight is 305 g/mol. The Morgan fingerprint density at radius 2 is 2.47 bits per heavy atom. The number of thiazole rings is 1. The second kappa shape index (κ2) is 6.54. The van der Waals surface area contributed by atoms with Gasteiger partial charge in [0.2, 0.25) is 0 Å². The van der Waals surface area contributed by atoms with Gasteiger partial charge in [-0.25, -0.2) is 9.78 Å². The van der Waals surface area contributed by atoms with E-state index in [-0.39, 0.29) is 16.1 Å². The smallest absolute Gasteiger partial charge is 0.349 e. The molecule has 19 heavy (non-hydrogen) atoms. The molecule has 0 saturated carbocycles. The van der Waals surface area contributed by atoms with Crippen molar-refractivity contribution in [2.75, 3.05) is 24.6 Å². The molecule has 1 atom stereocenters. The van der Waals surface area contributed by atoms with E-state index in [1.165, 1.54) is 0 Å². The maximum atomic E-state index is 11.0. The van der Waals surface area contributed by atoms with Crippen LogP contribution in [0.2, 0.25) is 5.15 Å². The number of carbonyl (C=O) groups is 1. The largest absolute Gasteiger partial charge is 0.477 e. The van der Waals surface area contributed by atoms with Gasteiger partial charge in [-0.15, -0.1) is 0 Å². The molecule has 1 aromatic rings. The molecule has 1 aliphatic heterocycles. The van der Waals surface area contributed by atoms with E-state index in [0.29, 0.717) is 5.13 Å². The van der Waals surface area contributed by atoms with Crippen LogP contribution >= 0.6 is 22.9 Å². The predicted molar refractivity (Wildman–Crippen MR) is 75.6 cm³/mol. The van der Waals surface area contributed by atoms with Crippen molar-refractivity contribution in [1.82, 2.24) is 4.98 Å². The summed E-state index contributed by atoms with van der Waals surface area (Å²) in [7, 11) is 0. The zero-order chi connectivity index (χ0) is 13.8. The SMILES string of the molecule is CCCOC1CCCN(c2nc(Cl)c(C(=O)O)s2)C1. The van der Waals surface area contributed by atoms with Crippen LogP contribution in [-0.4, -0.2) is 41.9 Å². The third-order valence-electron chi connectivity index (χ3n) is 2.98. The molecule has 0 bridgehead atoms. The summed E-state index contributed by atoms with van der Waals surface area (Å²) >= 11 is 6.97. The van der Waals surface area contributed by atoms with Crippen LogP contribution in [0.1, 0.15) is 35.9 Å². The maximum absolute atomic E-state index is 11.0. The van der Waals surface area contributed by atoms with Crippen LogP contribution in [0.5, 0.6) is 0 Å². The molecule has 0 aromatic carbocycles. The van der Waals surface area contributed by atoms with Crippen molar-refractivity contribution in [3.8, 4) is 0 Å². The normalized spacial score (nSPS) is 19.7. The zero-order valence-corrected chi connectivity index (χ0v) is 12.3.